The van der Waals surface area contributed by atoms with E-state index in [-0.39, 0.29) is 6.09 Å². The second-order valence-electron chi connectivity index (χ2n) is 10.6. The predicted octanol–water partition coefficient (Wildman–Crippen LogP) is 4.64. The van der Waals surface area contributed by atoms with Gasteiger partial charge in [-0.05, 0) is 57.5 Å². The van der Waals surface area contributed by atoms with Gasteiger partial charge in [0.2, 0.25) is 5.95 Å². The molecule has 0 unspecified atom stereocenters. The molecule has 1 aliphatic rings. The number of hydrogen-bond donors (Lipinski definition) is 3. The van der Waals surface area contributed by atoms with E-state index in [2.05, 4.69) is 40.5 Å². The van der Waals surface area contributed by atoms with Gasteiger partial charge in [-0.2, -0.15) is 0 Å². The number of amides is 1. The van der Waals surface area contributed by atoms with Crippen molar-refractivity contribution in [2.75, 3.05) is 43.4 Å². The highest BCUT2D eigenvalue weighted by atomic mass is 16.6. The molecule has 1 aromatic carbocycles. The number of imidazole rings is 1. The van der Waals surface area contributed by atoms with Gasteiger partial charge in [0, 0.05) is 57.1 Å². The van der Waals surface area contributed by atoms with Crippen LogP contribution in [0.2, 0.25) is 0 Å². The molecule has 39 heavy (non-hydrogen) atoms. The maximum Gasteiger partial charge on any atom is 0.410 e. The molecule has 0 bridgehead atoms. The summed E-state index contributed by atoms with van der Waals surface area (Å²) in [5, 5.41) is 6.52. The molecule has 4 heterocycles. The molecular weight excluding hydrogens is 494 g/mol. The number of hydrogen-bond acceptors (Lipinski definition) is 9. The summed E-state index contributed by atoms with van der Waals surface area (Å²) >= 11 is 0. The Morgan fingerprint density at radius 3 is 2.62 bits per heavy atom. The van der Waals surface area contributed by atoms with E-state index in [9.17, 15) is 4.79 Å². The van der Waals surface area contributed by atoms with Gasteiger partial charge in [-0.15, -0.1) is 0 Å². The molecular formula is C28H35N9O2. The van der Waals surface area contributed by atoms with Crippen molar-refractivity contribution in [2.24, 2.45) is 0 Å². The third-order valence-electron chi connectivity index (χ3n) is 6.30. The molecule has 1 saturated heterocycles. The maximum atomic E-state index is 12.3. The molecule has 1 aliphatic heterocycles. The van der Waals surface area contributed by atoms with Crippen LogP contribution in [0.4, 0.5) is 22.4 Å². The first kappa shape index (κ1) is 26.4. The van der Waals surface area contributed by atoms with E-state index in [4.69, 9.17) is 4.74 Å². The molecule has 0 radical (unpaired) electrons. The van der Waals surface area contributed by atoms with E-state index in [0.717, 1.165) is 59.9 Å². The third-order valence-corrected chi connectivity index (χ3v) is 6.30. The summed E-state index contributed by atoms with van der Waals surface area (Å²) < 4.78 is 5.50. The minimum Gasteiger partial charge on any atom is -0.444 e. The molecule has 11 heteroatoms. The molecule has 0 atom stereocenters. The van der Waals surface area contributed by atoms with Crippen molar-refractivity contribution in [1.82, 2.24) is 34.7 Å². The molecule has 4 aromatic rings. The van der Waals surface area contributed by atoms with Crippen molar-refractivity contribution >= 4 is 34.7 Å². The second-order valence-corrected chi connectivity index (χ2v) is 10.6. The highest BCUT2D eigenvalue weighted by molar-refractivity contribution is 5.83. The third kappa shape index (κ3) is 6.80. The Bertz CT molecular complexity index is 1440. The van der Waals surface area contributed by atoms with Gasteiger partial charge in [-0.3, -0.25) is 4.90 Å². The lowest BCUT2D eigenvalue weighted by atomic mass is 10.1. The summed E-state index contributed by atoms with van der Waals surface area (Å²) in [4.78, 5) is 37.6. The lowest BCUT2D eigenvalue weighted by Crippen LogP contribution is -2.49. The van der Waals surface area contributed by atoms with Crippen molar-refractivity contribution in [3.05, 3.63) is 54.5 Å². The van der Waals surface area contributed by atoms with Gasteiger partial charge < -0.3 is 25.3 Å². The molecule has 3 aromatic heterocycles. The summed E-state index contributed by atoms with van der Waals surface area (Å²) in [6, 6.07) is 12.0. The molecule has 204 valence electrons. The molecule has 1 amide bonds. The Hall–Kier alpha value is -4.25. The minimum atomic E-state index is -0.483. The number of aromatic amines is 1. The fourth-order valence-electron chi connectivity index (χ4n) is 4.46. The first-order valence-corrected chi connectivity index (χ1v) is 13.2. The number of pyridine rings is 1. The van der Waals surface area contributed by atoms with E-state index in [1.165, 1.54) is 0 Å². The normalized spacial score (nSPS) is 14.4. The fraction of sp³-hybridized carbons (Fsp3) is 0.393. The topological polar surface area (TPSA) is 124 Å². The number of fused-ring (bicyclic) bond motifs is 1. The van der Waals surface area contributed by atoms with Crippen molar-refractivity contribution in [3.63, 3.8) is 0 Å². The first-order valence-electron chi connectivity index (χ1n) is 13.2. The molecule has 3 N–H and O–H groups in total. The van der Waals surface area contributed by atoms with Crippen molar-refractivity contribution < 1.29 is 9.53 Å². The van der Waals surface area contributed by atoms with Gasteiger partial charge in [-0.1, -0.05) is 6.07 Å². The zero-order valence-corrected chi connectivity index (χ0v) is 22.9. The predicted molar refractivity (Wildman–Crippen MR) is 152 cm³/mol. The Morgan fingerprint density at radius 1 is 1.03 bits per heavy atom. The van der Waals surface area contributed by atoms with Crippen LogP contribution in [-0.2, 0) is 11.3 Å². The van der Waals surface area contributed by atoms with E-state index in [1.807, 2.05) is 64.1 Å². The van der Waals surface area contributed by atoms with Gasteiger partial charge >= 0.3 is 6.09 Å². The summed E-state index contributed by atoms with van der Waals surface area (Å²) in [6.07, 6.45) is 3.12. The van der Waals surface area contributed by atoms with Gasteiger partial charge in [0.1, 0.15) is 23.6 Å². The Kier molecular flexibility index (Phi) is 7.60. The second kappa shape index (κ2) is 11.2. The van der Waals surface area contributed by atoms with Crippen molar-refractivity contribution in [1.29, 1.82) is 0 Å². The Morgan fingerprint density at radius 2 is 1.85 bits per heavy atom. The number of carbonyl (C=O) groups excluding carboxylic acids is 1. The molecule has 5 rings (SSSR count). The highest BCUT2D eigenvalue weighted by Crippen LogP contribution is 2.25. The van der Waals surface area contributed by atoms with Crippen LogP contribution < -0.4 is 10.6 Å². The minimum absolute atomic E-state index is 0.245. The molecule has 1 fully saturated rings. The van der Waals surface area contributed by atoms with Gasteiger partial charge in [-0.25, -0.2) is 24.7 Å². The summed E-state index contributed by atoms with van der Waals surface area (Å²) in [5.41, 5.74) is 4.22. The van der Waals surface area contributed by atoms with E-state index < -0.39 is 5.60 Å². The first-order chi connectivity index (χ1) is 18.8. The van der Waals surface area contributed by atoms with Crippen molar-refractivity contribution in [2.45, 2.75) is 39.8 Å². The van der Waals surface area contributed by atoms with Crippen LogP contribution in [0, 0.1) is 0 Å². The molecule has 0 spiro atoms. The number of ether oxygens (including phenoxy) is 1. The number of aromatic nitrogens is 5. The lowest BCUT2D eigenvalue weighted by Gasteiger charge is -2.35. The van der Waals surface area contributed by atoms with Crippen molar-refractivity contribution in [3.8, 4) is 11.3 Å². The van der Waals surface area contributed by atoms with Gasteiger partial charge in [0.25, 0.3) is 0 Å². The average Bonchev–Trinajstić information content (AvgIpc) is 3.30. The number of benzene rings is 1. The highest BCUT2D eigenvalue weighted by Gasteiger charge is 2.25. The zero-order chi connectivity index (χ0) is 27.4. The number of carbonyl (C=O) groups is 1. The van der Waals surface area contributed by atoms with Gasteiger partial charge in [0.05, 0.1) is 16.7 Å². The van der Waals surface area contributed by atoms with Crippen LogP contribution in [0.3, 0.4) is 0 Å². The molecule has 0 saturated carbocycles. The number of nitrogens with one attached hydrogen (secondary N) is 3. The fourth-order valence-corrected chi connectivity index (χ4v) is 4.46. The molecule has 0 aliphatic carbocycles. The van der Waals surface area contributed by atoms with Crippen LogP contribution in [0.5, 0.6) is 0 Å². The summed E-state index contributed by atoms with van der Waals surface area (Å²) in [5.74, 6) is 2.13. The monoisotopic (exact) mass is 529 g/mol. The SMILES string of the molecule is CCNc1cc(-c2ccc3nc(Nc4cc(CN5CCN(C(=O)OC(C)(C)C)CC5)ccn4)[nH]c3c2)ncn1. The Labute approximate surface area is 228 Å². The van der Waals surface area contributed by atoms with E-state index in [1.54, 1.807) is 17.4 Å². The summed E-state index contributed by atoms with van der Waals surface area (Å²) in [7, 11) is 0. The largest absolute Gasteiger partial charge is 0.444 e. The number of piperazine rings is 1. The van der Waals surface area contributed by atoms with Crippen LogP contribution in [0.1, 0.15) is 33.3 Å². The van der Waals surface area contributed by atoms with Crippen LogP contribution in [-0.4, -0.2) is 79.1 Å². The van der Waals surface area contributed by atoms with Crippen LogP contribution >= 0.6 is 0 Å². The van der Waals surface area contributed by atoms with Crippen LogP contribution in [0.25, 0.3) is 22.3 Å². The number of nitrogens with zero attached hydrogens (tertiary/aromatic N) is 6. The van der Waals surface area contributed by atoms with E-state index in [0.29, 0.717) is 24.9 Å². The Balaban J connectivity index is 1.21. The quantitative estimate of drug-likeness (QED) is 0.314. The smallest absolute Gasteiger partial charge is 0.410 e. The standard InChI is InChI=1S/C28H35N9O2/c1-5-29-24-16-22(31-18-32-24)20-6-7-21-23(15-20)34-26(33-21)35-25-14-19(8-9-30-25)17-36-10-12-37(13-11-36)27(38)39-28(2,3)4/h6-9,14-16,18H,5,10-13,17H2,1-4H3,(H,29,31,32)(H2,30,33,34,35). The zero-order valence-electron chi connectivity index (χ0n) is 22.9. The van der Waals surface area contributed by atoms with E-state index >= 15 is 0 Å². The van der Waals surface area contributed by atoms with Gasteiger partial charge in [0.15, 0.2) is 0 Å². The van der Waals surface area contributed by atoms with Crippen LogP contribution in [0.15, 0.2) is 48.9 Å². The lowest BCUT2D eigenvalue weighted by molar-refractivity contribution is 0.0139. The maximum absolute atomic E-state index is 12.3. The average molecular weight is 530 g/mol. The number of H-pyrrole nitrogens is 1. The number of anilines is 3. The number of rotatable bonds is 7. The molecule has 11 nitrogen and oxygen atoms in total. The summed E-state index contributed by atoms with van der Waals surface area (Å²) in [6.45, 7) is 12.2.